The quantitative estimate of drug-likeness (QED) is 0.699. The molecule has 0 heterocycles. The zero-order chi connectivity index (χ0) is 13.3. The average Bonchev–Trinajstić information content (AvgIpc) is 2.43. The predicted octanol–water partition coefficient (Wildman–Crippen LogP) is 3.51. The first-order valence-electron chi connectivity index (χ1n) is 7.47. The van der Waals surface area contributed by atoms with Gasteiger partial charge in [0, 0.05) is 19.6 Å². The van der Waals surface area contributed by atoms with Crippen LogP contribution in [0.5, 0.6) is 0 Å². The van der Waals surface area contributed by atoms with E-state index in [1.54, 1.807) is 0 Å². The van der Waals surface area contributed by atoms with E-state index in [1.807, 2.05) is 14.0 Å². The lowest BCUT2D eigenvalue weighted by atomic mass is 9.77. The second-order valence-electron chi connectivity index (χ2n) is 5.30. The second-order valence-corrected chi connectivity index (χ2v) is 5.30. The highest BCUT2D eigenvalue weighted by Crippen LogP contribution is 2.35. The Balaban J connectivity index is 2.65. The van der Waals surface area contributed by atoms with Crippen molar-refractivity contribution in [3.05, 3.63) is 0 Å². The van der Waals surface area contributed by atoms with Crippen LogP contribution in [-0.4, -0.2) is 25.3 Å². The van der Waals surface area contributed by atoms with Crippen molar-refractivity contribution in [3.8, 4) is 11.8 Å². The zero-order valence-corrected chi connectivity index (χ0v) is 12.3. The molecule has 0 aliphatic heterocycles. The van der Waals surface area contributed by atoms with Crippen molar-refractivity contribution in [1.82, 2.24) is 5.32 Å². The molecule has 0 bridgehead atoms. The lowest BCUT2D eigenvalue weighted by Gasteiger charge is -2.43. The second kappa shape index (κ2) is 8.56. The maximum atomic E-state index is 5.96. The molecule has 1 aliphatic carbocycles. The molecule has 1 fully saturated rings. The average molecular weight is 251 g/mol. The smallest absolute Gasteiger partial charge is 0.0831 e. The van der Waals surface area contributed by atoms with Gasteiger partial charge in [-0.2, -0.15) is 0 Å². The Labute approximate surface area is 113 Å². The third kappa shape index (κ3) is 4.30. The van der Waals surface area contributed by atoms with Gasteiger partial charge in [0.25, 0.3) is 0 Å². The van der Waals surface area contributed by atoms with E-state index in [9.17, 15) is 0 Å². The first kappa shape index (κ1) is 15.5. The summed E-state index contributed by atoms with van der Waals surface area (Å²) < 4.78 is 5.96. The number of nitrogens with one attached hydrogen (secondary N) is 1. The third-order valence-corrected chi connectivity index (χ3v) is 4.12. The van der Waals surface area contributed by atoms with Crippen molar-refractivity contribution < 1.29 is 4.74 Å². The van der Waals surface area contributed by atoms with E-state index in [0.29, 0.717) is 6.04 Å². The fourth-order valence-corrected chi connectivity index (χ4v) is 3.06. The summed E-state index contributed by atoms with van der Waals surface area (Å²) in [7, 11) is 1.89. The first-order valence-corrected chi connectivity index (χ1v) is 7.47. The van der Waals surface area contributed by atoms with E-state index in [0.717, 1.165) is 19.4 Å². The molecule has 0 radical (unpaired) electrons. The van der Waals surface area contributed by atoms with Crippen molar-refractivity contribution >= 4 is 0 Å². The lowest BCUT2D eigenvalue weighted by molar-refractivity contribution is -0.0689. The molecule has 0 saturated heterocycles. The summed E-state index contributed by atoms with van der Waals surface area (Å²) in [6.07, 6.45) is 9.62. The molecule has 0 aromatic rings. The summed E-state index contributed by atoms with van der Waals surface area (Å²) in [5.41, 5.74) is 0.0584. The van der Waals surface area contributed by atoms with Crippen molar-refractivity contribution in [2.45, 2.75) is 76.9 Å². The Bertz CT molecular complexity index is 271. The highest BCUT2D eigenvalue weighted by Gasteiger charge is 2.39. The number of rotatable bonds is 7. The van der Waals surface area contributed by atoms with Crippen molar-refractivity contribution in [2.24, 2.45) is 0 Å². The minimum atomic E-state index is 0.0584. The van der Waals surface area contributed by atoms with Gasteiger partial charge in [-0.15, -0.1) is 11.8 Å². The summed E-state index contributed by atoms with van der Waals surface area (Å²) in [6.45, 7) is 5.22. The lowest BCUT2D eigenvalue weighted by Crippen LogP contribution is -2.53. The van der Waals surface area contributed by atoms with Gasteiger partial charge in [-0.1, -0.05) is 26.2 Å². The van der Waals surface area contributed by atoms with Crippen LogP contribution in [0.15, 0.2) is 0 Å². The van der Waals surface area contributed by atoms with Crippen molar-refractivity contribution in [3.63, 3.8) is 0 Å². The van der Waals surface area contributed by atoms with E-state index in [-0.39, 0.29) is 5.60 Å². The Morgan fingerprint density at radius 3 is 2.56 bits per heavy atom. The van der Waals surface area contributed by atoms with Crippen LogP contribution in [0.1, 0.15) is 65.2 Å². The Morgan fingerprint density at radius 2 is 2.00 bits per heavy atom. The summed E-state index contributed by atoms with van der Waals surface area (Å²) in [5, 5.41) is 3.70. The van der Waals surface area contributed by atoms with Crippen LogP contribution in [0.2, 0.25) is 0 Å². The Hall–Kier alpha value is -0.520. The molecule has 0 amide bonds. The van der Waals surface area contributed by atoms with E-state index < -0.39 is 0 Å². The van der Waals surface area contributed by atoms with E-state index >= 15 is 0 Å². The molecule has 0 spiro atoms. The van der Waals surface area contributed by atoms with Gasteiger partial charge in [0.05, 0.1) is 5.60 Å². The molecule has 1 rings (SSSR count). The van der Waals surface area contributed by atoms with Gasteiger partial charge in [-0.05, 0) is 39.2 Å². The van der Waals surface area contributed by atoms with Gasteiger partial charge in [-0.3, -0.25) is 0 Å². The molecule has 1 N–H and O–H groups in total. The minimum Gasteiger partial charge on any atom is -0.377 e. The van der Waals surface area contributed by atoms with Crippen LogP contribution in [-0.2, 0) is 4.74 Å². The molecule has 2 nitrogen and oxygen atoms in total. The highest BCUT2D eigenvalue weighted by atomic mass is 16.5. The topological polar surface area (TPSA) is 21.3 Å². The SMILES string of the molecule is CC#CCCC(NCCC)C1(OC)CCCCC1. The van der Waals surface area contributed by atoms with Gasteiger partial charge in [-0.25, -0.2) is 0 Å². The van der Waals surface area contributed by atoms with Crippen molar-refractivity contribution in [1.29, 1.82) is 0 Å². The van der Waals surface area contributed by atoms with Gasteiger partial charge < -0.3 is 10.1 Å². The van der Waals surface area contributed by atoms with Crippen LogP contribution in [0, 0.1) is 11.8 Å². The largest absolute Gasteiger partial charge is 0.377 e. The van der Waals surface area contributed by atoms with Gasteiger partial charge in [0.2, 0.25) is 0 Å². The molecule has 1 atom stereocenters. The standard InChI is InChI=1S/C16H29NO/c1-4-6-8-11-15(17-14-5-2)16(18-3)12-9-7-10-13-16/h15,17H,5,7-14H2,1-3H3. The number of hydrogen-bond donors (Lipinski definition) is 1. The number of methoxy groups -OCH3 is 1. The van der Waals surface area contributed by atoms with E-state index in [2.05, 4.69) is 24.1 Å². The molecule has 2 heteroatoms. The molecular formula is C16H29NO. The summed E-state index contributed by atoms with van der Waals surface area (Å²) >= 11 is 0. The maximum absolute atomic E-state index is 5.96. The highest BCUT2D eigenvalue weighted by molar-refractivity contribution is 5.00. The van der Waals surface area contributed by atoms with Crippen LogP contribution < -0.4 is 5.32 Å². The summed E-state index contributed by atoms with van der Waals surface area (Å²) in [5.74, 6) is 6.18. The van der Waals surface area contributed by atoms with Gasteiger partial charge in [0.1, 0.15) is 0 Å². The monoisotopic (exact) mass is 251 g/mol. The van der Waals surface area contributed by atoms with Crippen LogP contribution in [0.4, 0.5) is 0 Å². The molecule has 104 valence electrons. The number of ether oxygens (including phenoxy) is 1. The van der Waals surface area contributed by atoms with Crippen LogP contribution >= 0.6 is 0 Å². The zero-order valence-electron chi connectivity index (χ0n) is 12.3. The fraction of sp³-hybridized carbons (Fsp3) is 0.875. The summed E-state index contributed by atoms with van der Waals surface area (Å²) in [4.78, 5) is 0. The molecule has 18 heavy (non-hydrogen) atoms. The Kier molecular flexibility index (Phi) is 7.39. The Morgan fingerprint density at radius 1 is 1.28 bits per heavy atom. The molecule has 1 aliphatic rings. The fourth-order valence-electron chi connectivity index (χ4n) is 3.06. The number of hydrogen-bond acceptors (Lipinski definition) is 2. The maximum Gasteiger partial charge on any atom is 0.0831 e. The normalized spacial score (nSPS) is 19.9. The van der Waals surface area contributed by atoms with Crippen LogP contribution in [0.25, 0.3) is 0 Å². The van der Waals surface area contributed by atoms with Gasteiger partial charge >= 0.3 is 0 Å². The first-order chi connectivity index (χ1) is 8.79. The molecule has 0 aromatic heterocycles. The molecule has 1 unspecified atom stereocenters. The molecule has 1 saturated carbocycles. The third-order valence-electron chi connectivity index (χ3n) is 4.12. The minimum absolute atomic E-state index is 0.0584. The predicted molar refractivity (Wildman–Crippen MR) is 77.6 cm³/mol. The van der Waals surface area contributed by atoms with E-state index in [4.69, 9.17) is 4.74 Å². The van der Waals surface area contributed by atoms with Crippen LogP contribution in [0.3, 0.4) is 0 Å². The summed E-state index contributed by atoms with van der Waals surface area (Å²) in [6, 6.07) is 0.462. The van der Waals surface area contributed by atoms with Crippen molar-refractivity contribution in [2.75, 3.05) is 13.7 Å². The van der Waals surface area contributed by atoms with Gasteiger partial charge in [0.15, 0.2) is 0 Å². The molecule has 0 aromatic carbocycles. The molecular weight excluding hydrogens is 222 g/mol. The van der Waals surface area contributed by atoms with E-state index in [1.165, 1.54) is 38.5 Å².